The van der Waals surface area contributed by atoms with E-state index in [1.165, 1.54) is 19.1 Å². The molecule has 0 saturated heterocycles. The van der Waals surface area contributed by atoms with Gasteiger partial charge in [0.25, 0.3) is 5.91 Å². The number of fused-ring (bicyclic) bond motifs is 3. The number of allylic oxidation sites excluding steroid dienone is 1. The minimum Gasteiger partial charge on any atom is -0.507 e. The Labute approximate surface area is 200 Å². The summed E-state index contributed by atoms with van der Waals surface area (Å²) in [4.78, 5) is 51.4. The first-order chi connectivity index (χ1) is 16.4. The number of phenols is 2. The molecule has 2 aromatic carbocycles. The number of primary amides is 1. The third-order valence-corrected chi connectivity index (χ3v) is 6.11. The molecule has 10 nitrogen and oxygen atoms in total. The van der Waals surface area contributed by atoms with E-state index in [2.05, 4.69) is 0 Å². The summed E-state index contributed by atoms with van der Waals surface area (Å²) < 4.78 is 10.8. The number of Topliss-reactive ketones (excluding diaryl/α,β-unsaturated/α-hetero) is 1. The van der Waals surface area contributed by atoms with E-state index in [9.17, 15) is 29.4 Å². The van der Waals surface area contributed by atoms with Crippen molar-refractivity contribution in [1.29, 1.82) is 0 Å². The van der Waals surface area contributed by atoms with Crippen molar-refractivity contribution in [3.05, 3.63) is 51.6 Å². The van der Waals surface area contributed by atoms with Crippen LogP contribution >= 0.6 is 0 Å². The van der Waals surface area contributed by atoms with Crippen LogP contribution in [0, 0.1) is 5.92 Å². The highest BCUT2D eigenvalue weighted by atomic mass is 16.5. The number of aromatic hydroxyl groups is 2. The van der Waals surface area contributed by atoms with Crippen molar-refractivity contribution in [2.24, 2.45) is 11.7 Å². The maximum absolute atomic E-state index is 13.9. The Bertz CT molecular complexity index is 1360. The average Bonchev–Trinajstić information content (AvgIpc) is 2.71. The molecule has 2 aliphatic rings. The first kappa shape index (κ1) is 23.8. The van der Waals surface area contributed by atoms with Crippen LogP contribution in [0.2, 0.25) is 0 Å². The van der Waals surface area contributed by atoms with Crippen LogP contribution in [0.1, 0.15) is 51.3 Å². The molecule has 4 N–H and O–H groups in total. The van der Waals surface area contributed by atoms with Gasteiger partial charge in [0.15, 0.2) is 5.78 Å². The molecule has 1 atom stereocenters. The Morgan fingerprint density at radius 3 is 2.26 bits per heavy atom. The van der Waals surface area contributed by atoms with Gasteiger partial charge in [0.05, 0.1) is 11.1 Å². The summed E-state index contributed by atoms with van der Waals surface area (Å²) in [6, 6.07) is 4.55. The summed E-state index contributed by atoms with van der Waals surface area (Å²) in [7, 11) is 3.64. The lowest BCUT2D eigenvalue weighted by Gasteiger charge is -2.35. The molecule has 1 amide bonds. The van der Waals surface area contributed by atoms with E-state index in [0.717, 1.165) is 12.6 Å². The van der Waals surface area contributed by atoms with Crippen LogP contribution < -0.4 is 15.4 Å². The molecule has 2 aromatic rings. The zero-order valence-corrected chi connectivity index (χ0v) is 19.6. The number of anilines is 1. The molecule has 10 heteroatoms. The van der Waals surface area contributed by atoms with Crippen molar-refractivity contribution in [2.75, 3.05) is 19.0 Å². The van der Waals surface area contributed by atoms with Crippen LogP contribution in [-0.2, 0) is 27.2 Å². The number of ketones is 1. The smallest absolute Gasteiger partial charge is 0.308 e. The third kappa shape index (κ3) is 3.86. The van der Waals surface area contributed by atoms with E-state index in [4.69, 9.17) is 15.2 Å². The van der Waals surface area contributed by atoms with E-state index in [1.807, 2.05) is 19.0 Å². The fourth-order valence-electron chi connectivity index (χ4n) is 4.88. The van der Waals surface area contributed by atoms with Crippen molar-refractivity contribution < 1.29 is 38.9 Å². The number of benzene rings is 2. The number of carbonyl (C=O) groups is 4. The summed E-state index contributed by atoms with van der Waals surface area (Å²) in [6.07, 6.45) is 0.522. The zero-order valence-electron chi connectivity index (χ0n) is 19.6. The van der Waals surface area contributed by atoms with E-state index in [-0.39, 0.29) is 34.6 Å². The molecular weight excluding hydrogens is 456 g/mol. The molecule has 0 aromatic heterocycles. The zero-order chi connectivity index (χ0) is 25.8. The molecule has 35 heavy (non-hydrogen) atoms. The second-order valence-electron chi connectivity index (χ2n) is 8.71. The van der Waals surface area contributed by atoms with Gasteiger partial charge < -0.3 is 30.3 Å². The number of nitrogens with zero attached hydrogens (tertiary/aromatic N) is 1. The molecule has 0 spiro atoms. The number of rotatable bonds is 4. The predicted molar refractivity (Wildman–Crippen MR) is 124 cm³/mol. The van der Waals surface area contributed by atoms with Crippen LogP contribution in [0.15, 0.2) is 23.8 Å². The van der Waals surface area contributed by atoms with Gasteiger partial charge in [-0.15, -0.1) is 0 Å². The number of hydrogen-bond donors (Lipinski definition) is 3. The summed E-state index contributed by atoms with van der Waals surface area (Å²) in [5.41, 5.74) is 6.75. The fourth-order valence-corrected chi connectivity index (χ4v) is 4.88. The number of nitrogens with two attached hydrogens (primary N) is 1. The molecule has 0 bridgehead atoms. The van der Waals surface area contributed by atoms with Crippen LogP contribution in [-0.4, -0.2) is 47.9 Å². The predicted octanol–water partition coefficient (Wildman–Crippen LogP) is 2.07. The summed E-state index contributed by atoms with van der Waals surface area (Å²) in [6.45, 7) is 2.36. The number of hydrogen-bond acceptors (Lipinski definition) is 9. The molecule has 0 aliphatic heterocycles. The molecule has 182 valence electrons. The molecule has 4 rings (SSSR count). The highest BCUT2D eigenvalue weighted by Crippen LogP contribution is 2.50. The summed E-state index contributed by atoms with van der Waals surface area (Å²) in [5.74, 6) is -4.84. The van der Waals surface area contributed by atoms with Gasteiger partial charge in [-0.1, -0.05) is 0 Å². The van der Waals surface area contributed by atoms with Crippen LogP contribution in [0.4, 0.5) is 5.69 Å². The fraction of sp³-hybridized carbons (Fsp3) is 0.280. The molecule has 1 unspecified atom stereocenters. The topological polar surface area (TPSA) is 156 Å². The normalized spacial score (nSPS) is 16.1. The van der Waals surface area contributed by atoms with Gasteiger partial charge in [-0.2, -0.15) is 0 Å². The van der Waals surface area contributed by atoms with Gasteiger partial charge >= 0.3 is 11.9 Å². The highest BCUT2D eigenvalue weighted by Gasteiger charge is 2.43. The monoisotopic (exact) mass is 480 g/mol. The molecule has 2 aliphatic carbocycles. The summed E-state index contributed by atoms with van der Waals surface area (Å²) >= 11 is 0. The number of carbonyl (C=O) groups excluding carboxylic acids is 4. The second kappa shape index (κ2) is 8.46. The minimum atomic E-state index is -1.09. The minimum absolute atomic E-state index is 0.0624. The SMILES string of the molecule is CC(=O)OC1=C2C(=O)c3c(OC(C)=O)ccc(N(C)C)c3CC2Cc2cc(O)c(C(N)=O)c(O)c21. The second-order valence-corrected chi connectivity index (χ2v) is 8.71. The Balaban J connectivity index is 2.05. The quantitative estimate of drug-likeness (QED) is 0.440. The Morgan fingerprint density at radius 2 is 1.69 bits per heavy atom. The average molecular weight is 480 g/mol. The van der Waals surface area contributed by atoms with Gasteiger partial charge in [-0.05, 0) is 48.1 Å². The van der Waals surface area contributed by atoms with E-state index in [0.29, 0.717) is 17.5 Å². The number of ether oxygens (including phenoxy) is 2. The van der Waals surface area contributed by atoms with Crippen LogP contribution in [0.3, 0.4) is 0 Å². The lowest BCUT2D eigenvalue weighted by atomic mass is 9.70. The summed E-state index contributed by atoms with van der Waals surface area (Å²) in [5, 5.41) is 21.2. The van der Waals surface area contributed by atoms with Crippen molar-refractivity contribution in [1.82, 2.24) is 0 Å². The van der Waals surface area contributed by atoms with Crippen molar-refractivity contribution in [3.63, 3.8) is 0 Å². The molecule has 0 saturated carbocycles. The highest BCUT2D eigenvalue weighted by molar-refractivity contribution is 6.18. The molecule has 0 radical (unpaired) electrons. The van der Waals surface area contributed by atoms with Crippen molar-refractivity contribution in [2.45, 2.75) is 26.7 Å². The number of esters is 2. The van der Waals surface area contributed by atoms with Crippen molar-refractivity contribution >= 4 is 35.1 Å². The van der Waals surface area contributed by atoms with Gasteiger partial charge in [-0.25, -0.2) is 0 Å². The lowest BCUT2D eigenvalue weighted by molar-refractivity contribution is -0.134. The third-order valence-electron chi connectivity index (χ3n) is 6.11. The largest absolute Gasteiger partial charge is 0.507 e. The maximum Gasteiger partial charge on any atom is 0.308 e. The van der Waals surface area contributed by atoms with E-state index in [1.54, 1.807) is 6.07 Å². The molecule has 0 heterocycles. The first-order valence-electron chi connectivity index (χ1n) is 10.8. The van der Waals surface area contributed by atoms with Crippen LogP contribution in [0.25, 0.3) is 5.76 Å². The molecular formula is C25H24N2O8. The maximum atomic E-state index is 13.9. The Hall–Kier alpha value is -4.34. The van der Waals surface area contributed by atoms with Gasteiger partial charge in [-0.3, -0.25) is 19.2 Å². The van der Waals surface area contributed by atoms with Gasteiger partial charge in [0, 0.05) is 39.2 Å². The standard InChI is InChI=1S/C25H24N2O8/c1-10(28)34-17-6-5-15(27(3)4)14-8-12-7-13-9-16(30)21(25(26)33)23(32)19(13)24(35-11(2)29)18(12)22(31)20(14)17/h5-6,9,12,30,32H,7-8H2,1-4H3,(H2,26,33). The first-order valence-corrected chi connectivity index (χ1v) is 10.8. The van der Waals surface area contributed by atoms with E-state index < -0.39 is 46.6 Å². The Kier molecular flexibility index (Phi) is 5.75. The van der Waals surface area contributed by atoms with Gasteiger partial charge in [0.2, 0.25) is 0 Å². The lowest BCUT2D eigenvalue weighted by Crippen LogP contribution is -2.32. The Morgan fingerprint density at radius 1 is 1.03 bits per heavy atom. The molecule has 0 fully saturated rings. The van der Waals surface area contributed by atoms with Gasteiger partial charge in [0.1, 0.15) is 28.6 Å². The van der Waals surface area contributed by atoms with Crippen LogP contribution in [0.5, 0.6) is 17.2 Å². The number of amides is 1. The van der Waals surface area contributed by atoms with Crippen molar-refractivity contribution in [3.8, 4) is 17.2 Å². The van der Waals surface area contributed by atoms with E-state index >= 15 is 0 Å².